The fourth-order valence-corrected chi connectivity index (χ4v) is 2.35. The van der Waals surface area contributed by atoms with Crippen LogP contribution in [0.3, 0.4) is 0 Å². The lowest BCUT2D eigenvalue weighted by atomic mass is 10.1. The number of aromatic nitrogens is 1. The summed E-state index contributed by atoms with van der Waals surface area (Å²) in [6.07, 6.45) is 1.75. The van der Waals surface area contributed by atoms with Crippen molar-refractivity contribution in [3.8, 4) is 6.07 Å². The van der Waals surface area contributed by atoms with Crippen molar-refractivity contribution in [1.82, 2.24) is 4.98 Å². The number of aryl methyl sites for hydroxylation is 1. The molecule has 0 bridgehead atoms. The van der Waals surface area contributed by atoms with Crippen LogP contribution in [0.15, 0.2) is 24.4 Å². The van der Waals surface area contributed by atoms with Crippen LogP contribution in [0.25, 0.3) is 0 Å². The zero-order valence-corrected chi connectivity index (χ0v) is 10.8. The lowest BCUT2D eigenvalue weighted by molar-refractivity contribution is 1.16. The Hall–Kier alpha value is -1.57. The molecule has 0 amide bonds. The second kappa shape index (κ2) is 5.17. The Kier molecular flexibility index (Phi) is 3.62. The van der Waals surface area contributed by atoms with Crippen molar-refractivity contribution in [3.63, 3.8) is 0 Å². The molecule has 1 aromatic carbocycles. The Morgan fingerprint density at radius 1 is 1.53 bits per heavy atom. The van der Waals surface area contributed by atoms with Gasteiger partial charge in [-0.25, -0.2) is 4.98 Å². The molecule has 17 heavy (non-hydrogen) atoms. The number of rotatable bonds is 3. The number of anilines is 1. The molecule has 0 aliphatic heterocycles. The number of nitrogens with one attached hydrogen (secondary N) is 1. The van der Waals surface area contributed by atoms with Crippen LogP contribution in [0.5, 0.6) is 0 Å². The van der Waals surface area contributed by atoms with Crippen molar-refractivity contribution in [2.75, 3.05) is 5.32 Å². The summed E-state index contributed by atoms with van der Waals surface area (Å²) in [4.78, 5) is 5.04. The summed E-state index contributed by atoms with van der Waals surface area (Å²) in [5, 5.41) is 12.1. The Bertz CT molecular complexity index is 571. The van der Waals surface area contributed by atoms with Crippen molar-refractivity contribution in [2.45, 2.75) is 13.5 Å². The first-order valence-electron chi connectivity index (χ1n) is 5.04. The minimum Gasteiger partial charge on any atom is -0.380 e. The lowest BCUT2D eigenvalue weighted by Gasteiger charge is -2.08. The molecular formula is C12H10ClN3S. The van der Waals surface area contributed by atoms with Crippen molar-refractivity contribution >= 4 is 28.6 Å². The lowest BCUT2D eigenvalue weighted by Crippen LogP contribution is -1.99. The van der Waals surface area contributed by atoms with E-state index in [0.717, 1.165) is 16.1 Å². The molecular weight excluding hydrogens is 254 g/mol. The average Bonchev–Trinajstić information content (AvgIpc) is 2.74. The van der Waals surface area contributed by atoms with Crippen LogP contribution < -0.4 is 5.32 Å². The molecule has 0 saturated heterocycles. The van der Waals surface area contributed by atoms with Crippen molar-refractivity contribution < 1.29 is 0 Å². The molecule has 2 rings (SSSR count). The summed E-state index contributed by atoms with van der Waals surface area (Å²) in [6.45, 7) is 2.67. The fraction of sp³-hybridized carbons (Fsp3) is 0.167. The largest absolute Gasteiger partial charge is 0.380 e. The Balaban J connectivity index is 2.11. The highest BCUT2D eigenvalue weighted by molar-refractivity contribution is 7.15. The third-order valence-corrected chi connectivity index (χ3v) is 3.46. The fourth-order valence-electron chi connectivity index (χ4n) is 1.43. The predicted molar refractivity (Wildman–Crippen MR) is 70.3 cm³/mol. The van der Waals surface area contributed by atoms with E-state index >= 15 is 0 Å². The van der Waals surface area contributed by atoms with E-state index in [9.17, 15) is 0 Å². The summed E-state index contributed by atoms with van der Waals surface area (Å²) in [7, 11) is 0. The van der Waals surface area contributed by atoms with Crippen LogP contribution in [0.2, 0.25) is 4.47 Å². The van der Waals surface area contributed by atoms with Crippen molar-refractivity contribution in [3.05, 3.63) is 44.9 Å². The monoisotopic (exact) mass is 263 g/mol. The van der Waals surface area contributed by atoms with Gasteiger partial charge in [-0.1, -0.05) is 17.7 Å². The van der Waals surface area contributed by atoms with Gasteiger partial charge in [0, 0.05) is 16.8 Å². The van der Waals surface area contributed by atoms with Crippen LogP contribution in [0.4, 0.5) is 5.69 Å². The zero-order chi connectivity index (χ0) is 12.3. The Labute approximate surface area is 109 Å². The number of nitriles is 1. The van der Waals surface area contributed by atoms with E-state index in [1.54, 1.807) is 6.20 Å². The predicted octanol–water partition coefficient (Wildman–Crippen LogP) is 3.59. The van der Waals surface area contributed by atoms with Gasteiger partial charge >= 0.3 is 0 Å². The van der Waals surface area contributed by atoms with Gasteiger partial charge in [-0.3, -0.25) is 0 Å². The molecule has 0 aliphatic rings. The highest BCUT2D eigenvalue weighted by Crippen LogP contribution is 2.21. The molecule has 0 aliphatic carbocycles. The Morgan fingerprint density at radius 3 is 3.00 bits per heavy atom. The summed E-state index contributed by atoms with van der Waals surface area (Å²) >= 11 is 7.21. The summed E-state index contributed by atoms with van der Waals surface area (Å²) in [5.41, 5.74) is 2.73. The van der Waals surface area contributed by atoms with Crippen LogP contribution in [-0.2, 0) is 6.54 Å². The SMILES string of the molecule is Cc1ccc(C#N)cc1NCc1cnc(Cl)s1. The molecule has 0 unspecified atom stereocenters. The molecule has 86 valence electrons. The smallest absolute Gasteiger partial charge is 0.183 e. The van der Waals surface area contributed by atoms with Gasteiger partial charge in [0.05, 0.1) is 18.2 Å². The van der Waals surface area contributed by atoms with Crippen molar-refractivity contribution in [2.24, 2.45) is 0 Å². The first-order valence-corrected chi connectivity index (χ1v) is 6.23. The first kappa shape index (κ1) is 11.9. The number of hydrogen-bond donors (Lipinski definition) is 1. The maximum Gasteiger partial charge on any atom is 0.183 e. The van der Waals surface area contributed by atoms with Gasteiger partial charge in [0.15, 0.2) is 4.47 Å². The molecule has 0 spiro atoms. The maximum atomic E-state index is 8.84. The number of benzene rings is 1. The second-order valence-corrected chi connectivity index (χ2v) is 5.27. The van der Waals surface area contributed by atoms with Crippen molar-refractivity contribution in [1.29, 1.82) is 5.26 Å². The summed E-state index contributed by atoms with van der Waals surface area (Å²) in [5.74, 6) is 0. The molecule has 0 saturated carbocycles. The minimum absolute atomic E-state index is 0.546. The number of nitrogens with zero attached hydrogens (tertiary/aromatic N) is 2. The molecule has 0 fully saturated rings. The minimum atomic E-state index is 0.546. The molecule has 2 aromatic rings. The van der Waals surface area contributed by atoms with E-state index in [0.29, 0.717) is 16.6 Å². The van der Waals surface area contributed by atoms with E-state index in [2.05, 4.69) is 16.4 Å². The van der Waals surface area contributed by atoms with E-state index in [-0.39, 0.29) is 0 Å². The van der Waals surface area contributed by atoms with E-state index in [4.69, 9.17) is 16.9 Å². The third-order valence-electron chi connectivity index (χ3n) is 2.35. The van der Waals surface area contributed by atoms with E-state index < -0.39 is 0 Å². The molecule has 0 atom stereocenters. The van der Waals surface area contributed by atoms with Crippen LogP contribution in [-0.4, -0.2) is 4.98 Å². The molecule has 1 N–H and O–H groups in total. The van der Waals surface area contributed by atoms with Gasteiger partial charge in [0.2, 0.25) is 0 Å². The third kappa shape index (κ3) is 2.96. The van der Waals surface area contributed by atoms with Gasteiger partial charge < -0.3 is 5.32 Å². The summed E-state index contributed by atoms with van der Waals surface area (Å²) < 4.78 is 0.546. The molecule has 3 nitrogen and oxygen atoms in total. The second-order valence-electron chi connectivity index (χ2n) is 3.57. The highest BCUT2D eigenvalue weighted by atomic mass is 35.5. The van der Waals surface area contributed by atoms with Gasteiger partial charge in [-0.05, 0) is 24.6 Å². The summed E-state index contributed by atoms with van der Waals surface area (Å²) in [6, 6.07) is 7.71. The van der Waals surface area contributed by atoms with E-state index in [1.807, 2.05) is 25.1 Å². The average molecular weight is 264 g/mol. The van der Waals surface area contributed by atoms with Crippen LogP contribution in [0, 0.1) is 18.3 Å². The molecule has 5 heteroatoms. The molecule has 1 aromatic heterocycles. The van der Waals surface area contributed by atoms with Crippen LogP contribution >= 0.6 is 22.9 Å². The van der Waals surface area contributed by atoms with Gasteiger partial charge in [0.1, 0.15) is 0 Å². The topological polar surface area (TPSA) is 48.7 Å². The number of thiazole rings is 1. The highest BCUT2D eigenvalue weighted by Gasteiger charge is 2.02. The Morgan fingerprint density at radius 2 is 2.35 bits per heavy atom. The van der Waals surface area contributed by atoms with E-state index in [1.165, 1.54) is 11.3 Å². The van der Waals surface area contributed by atoms with Crippen LogP contribution in [0.1, 0.15) is 16.0 Å². The number of hydrogen-bond acceptors (Lipinski definition) is 4. The molecule has 0 radical (unpaired) electrons. The van der Waals surface area contributed by atoms with Gasteiger partial charge in [-0.15, -0.1) is 11.3 Å². The first-order chi connectivity index (χ1) is 8.19. The van der Waals surface area contributed by atoms with Gasteiger partial charge in [-0.2, -0.15) is 5.26 Å². The standard InChI is InChI=1S/C12H10ClN3S/c1-8-2-3-9(5-14)4-11(8)15-6-10-7-16-12(13)17-10/h2-4,7,15H,6H2,1H3. The normalized spacial score (nSPS) is 9.94. The number of halogens is 1. The quantitative estimate of drug-likeness (QED) is 0.921. The van der Waals surface area contributed by atoms with Gasteiger partial charge in [0.25, 0.3) is 0 Å². The maximum absolute atomic E-state index is 8.84. The zero-order valence-electron chi connectivity index (χ0n) is 9.20. The molecule has 1 heterocycles.